The standard InChI is InChI=1S/C20H30O4/c1-13(2)5-4-6-14-11-24-18(22)17-15(14)7-9-19(3)12-20(17,23)10-8-16(19)21/h4-6,13,15-17,21,23H,7-12H2,1-3H3/b5-4+,14-6+/t15-,16+,17+,19+,20-/m1/s1. The van der Waals surface area contributed by atoms with Crippen molar-refractivity contribution in [3.05, 3.63) is 23.8 Å². The largest absolute Gasteiger partial charge is 0.461 e. The number of carbonyl (C=O) groups is 1. The second-order valence-electron chi connectivity index (χ2n) is 8.59. The third kappa shape index (κ3) is 3.06. The summed E-state index contributed by atoms with van der Waals surface area (Å²) in [5, 5.41) is 21.7. The second-order valence-corrected chi connectivity index (χ2v) is 8.59. The van der Waals surface area contributed by atoms with Crippen LogP contribution in [0.2, 0.25) is 0 Å². The first kappa shape index (κ1) is 17.7. The van der Waals surface area contributed by atoms with Gasteiger partial charge in [0, 0.05) is 0 Å². The molecular formula is C20H30O4. The zero-order valence-corrected chi connectivity index (χ0v) is 15.0. The minimum absolute atomic E-state index is 0.0141. The molecule has 3 fully saturated rings. The van der Waals surface area contributed by atoms with E-state index < -0.39 is 17.6 Å². The number of esters is 1. The van der Waals surface area contributed by atoms with E-state index in [0.29, 0.717) is 31.8 Å². The number of carbonyl (C=O) groups excluding carboxylic acids is 1. The van der Waals surface area contributed by atoms with Crippen LogP contribution in [0.5, 0.6) is 0 Å². The number of rotatable bonds is 2. The summed E-state index contributed by atoms with van der Waals surface area (Å²) in [5.74, 6) is -0.289. The molecule has 2 bridgehead atoms. The summed E-state index contributed by atoms with van der Waals surface area (Å²) in [6, 6.07) is 0. The Morgan fingerprint density at radius 2 is 2.04 bits per heavy atom. The molecular weight excluding hydrogens is 304 g/mol. The molecule has 1 aliphatic heterocycles. The lowest BCUT2D eigenvalue weighted by Crippen LogP contribution is -2.54. The molecule has 134 valence electrons. The molecule has 0 unspecified atom stereocenters. The smallest absolute Gasteiger partial charge is 0.312 e. The van der Waals surface area contributed by atoms with E-state index in [2.05, 4.69) is 26.0 Å². The SMILES string of the molecule is CC(C)/C=C/C=C1\COC(=O)[C@@H]2[C@@H]1CC[C@@]1(C)C[C@]2(O)CC[C@@H]1O. The zero-order chi connectivity index (χ0) is 17.5. The second kappa shape index (κ2) is 6.30. The maximum Gasteiger partial charge on any atom is 0.312 e. The lowest BCUT2D eigenvalue weighted by molar-refractivity contribution is -0.176. The van der Waals surface area contributed by atoms with Gasteiger partial charge in [0.05, 0.1) is 17.6 Å². The fourth-order valence-corrected chi connectivity index (χ4v) is 4.89. The first-order valence-corrected chi connectivity index (χ1v) is 9.19. The summed E-state index contributed by atoms with van der Waals surface area (Å²) >= 11 is 0. The topological polar surface area (TPSA) is 66.8 Å². The number of aliphatic hydroxyl groups is 2. The summed E-state index contributed by atoms with van der Waals surface area (Å²) in [6.07, 6.45) is 8.95. The van der Waals surface area contributed by atoms with E-state index in [4.69, 9.17) is 4.74 Å². The minimum atomic E-state index is -1.06. The highest BCUT2D eigenvalue weighted by atomic mass is 16.5. The van der Waals surface area contributed by atoms with E-state index in [1.54, 1.807) is 0 Å². The Morgan fingerprint density at radius 3 is 2.75 bits per heavy atom. The van der Waals surface area contributed by atoms with E-state index in [-0.39, 0.29) is 17.3 Å². The molecule has 2 N–H and O–H groups in total. The first-order chi connectivity index (χ1) is 11.3. The fraction of sp³-hybridized carbons (Fsp3) is 0.750. The third-order valence-corrected chi connectivity index (χ3v) is 6.29. The number of hydrogen-bond acceptors (Lipinski definition) is 4. The first-order valence-electron chi connectivity index (χ1n) is 9.19. The Balaban J connectivity index is 1.95. The number of hydrogen-bond donors (Lipinski definition) is 2. The van der Waals surface area contributed by atoms with Crippen molar-refractivity contribution in [1.29, 1.82) is 0 Å². The number of fused-ring (bicyclic) bond motifs is 4. The Bertz CT molecular complexity index is 564. The van der Waals surface area contributed by atoms with Gasteiger partial charge in [-0.1, -0.05) is 39.0 Å². The molecule has 1 heterocycles. The van der Waals surface area contributed by atoms with Gasteiger partial charge in [0.2, 0.25) is 0 Å². The highest BCUT2D eigenvalue weighted by Gasteiger charge is 2.58. The maximum atomic E-state index is 12.5. The Labute approximate surface area is 144 Å². The van der Waals surface area contributed by atoms with Crippen molar-refractivity contribution >= 4 is 5.97 Å². The highest BCUT2D eigenvalue weighted by Crippen LogP contribution is 2.55. The molecule has 5 atom stereocenters. The number of cyclic esters (lactones) is 1. The quantitative estimate of drug-likeness (QED) is 0.762. The van der Waals surface area contributed by atoms with Crippen molar-refractivity contribution < 1.29 is 19.7 Å². The van der Waals surface area contributed by atoms with Crippen molar-refractivity contribution in [1.82, 2.24) is 0 Å². The molecule has 2 saturated carbocycles. The molecule has 2 aliphatic carbocycles. The van der Waals surface area contributed by atoms with E-state index in [1.165, 1.54) is 0 Å². The molecule has 0 aromatic rings. The number of ether oxygens (including phenoxy) is 1. The predicted octanol–water partition coefficient (Wildman–Crippen LogP) is 2.99. The zero-order valence-electron chi connectivity index (χ0n) is 15.0. The van der Waals surface area contributed by atoms with Gasteiger partial charge in [-0.2, -0.15) is 0 Å². The average molecular weight is 334 g/mol. The van der Waals surface area contributed by atoms with Crippen LogP contribution in [0.3, 0.4) is 0 Å². The van der Waals surface area contributed by atoms with E-state index >= 15 is 0 Å². The Kier molecular flexibility index (Phi) is 4.65. The van der Waals surface area contributed by atoms with Gasteiger partial charge in [0.15, 0.2) is 0 Å². The van der Waals surface area contributed by atoms with Crippen LogP contribution in [-0.2, 0) is 9.53 Å². The molecule has 4 heteroatoms. The van der Waals surface area contributed by atoms with Gasteiger partial charge in [-0.05, 0) is 54.9 Å². The van der Waals surface area contributed by atoms with Gasteiger partial charge in [0.25, 0.3) is 0 Å². The molecule has 0 aromatic carbocycles. The van der Waals surface area contributed by atoms with Crippen molar-refractivity contribution in [3.63, 3.8) is 0 Å². The molecule has 0 amide bonds. The van der Waals surface area contributed by atoms with E-state index in [9.17, 15) is 15.0 Å². The third-order valence-electron chi connectivity index (χ3n) is 6.29. The summed E-state index contributed by atoms with van der Waals surface area (Å²) in [5.41, 5.74) is -0.285. The van der Waals surface area contributed by atoms with Crippen LogP contribution in [0.4, 0.5) is 0 Å². The van der Waals surface area contributed by atoms with E-state index in [0.717, 1.165) is 18.4 Å². The highest BCUT2D eigenvalue weighted by molar-refractivity contribution is 5.76. The summed E-state index contributed by atoms with van der Waals surface area (Å²) in [4.78, 5) is 12.5. The van der Waals surface area contributed by atoms with Crippen LogP contribution < -0.4 is 0 Å². The minimum Gasteiger partial charge on any atom is -0.461 e. The normalized spacial score (nSPS) is 44.5. The van der Waals surface area contributed by atoms with Crippen molar-refractivity contribution in [2.45, 2.75) is 64.6 Å². The molecule has 0 radical (unpaired) electrons. The van der Waals surface area contributed by atoms with Crippen LogP contribution >= 0.6 is 0 Å². The van der Waals surface area contributed by atoms with Gasteiger partial charge in [-0.15, -0.1) is 0 Å². The Hall–Kier alpha value is -1.13. The molecule has 0 spiro atoms. The van der Waals surface area contributed by atoms with Crippen LogP contribution in [0.1, 0.15) is 52.9 Å². The molecule has 3 rings (SSSR count). The lowest BCUT2D eigenvalue weighted by Gasteiger charge is -2.48. The fourth-order valence-electron chi connectivity index (χ4n) is 4.89. The van der Waals surface area contributed by atoms with Crippen LogP contribution in [-0.4, -0.2) is 34.5 Å². The van der Waals surface area contributed by atoms with Gasteiger partial charge < -0.3 is 14.9 Å². The molecule has 24 heavy (non-hydrogen) atoms. The predicted molar refractivity (Wildman–Crippen MR) is 92.1 cm³/mol. The van der Waals surface area contributed by atoms with Gasteiger partial charge in [0.1, 0.15) is 6.61 Å². The van der Waals surface area contributed by atoms with Crippen molar-refractivity contribution in [2.75, 3.05) is 6.61 Å². The summed E-state index contributed by atoms with van der Waals surface area (Å²) in [6.45, 7) is 6.61. The Morgan fingerprint density at radius 1 is 1.29 bits per heavy atom. The summed E-state index contributed by atoms with van der Waals surface area (Å²) in [7, 11) is 0. The van der Waals surface area contributed by atoms with Gasteiger partial charge in [-0.25, -0.2) is 0 Å². The van der Waals surface area contributed by atoms with Crippen LogP contribution in [0.25, 0.3) is 0 Å². The molecule has 0 aromatic heterocycles. The molecule has 1 saturated heterocycles. The molecule has 4 nitrogen and oxygen atoms in total. The number of allylic oxidation sites excluding steroid dienone is 3. The van der Waals surface area contributed by atoms with Crippen molar-refractivity contribution in [3.8, 4) is 0 Å². The van der Waals surface area contributed by atoms with Gasteiger partial charge in [-0.3, -0.25) is 4.79 Å². The number of aliphatic hydroxyl groups excluding tert-OH is 1. The monoisotopic (exact) mass is 334 g/mol. The van der Waals surface area contributed by atoms with Crippen LogP contribution in [0.15, 0.2) is 23.8 Å². The maximum absolute atomic E-state index is 12.5. The van der Waals surface area contributed by atoms with E-state index in [1.807, 2.05) is 13.0 Å². The molecule has 3 aliphatic rings. The van der Waals surface area contributed by atoms with Crippen molar-refractivity contribution in [2.24, 2.45) is 23.2 Å². The summed E-state index contributed by atoms with van der Waals surface area (Å²) < 4.78 is 5.43. The average Bonchev–Trinajstić information content (AvgIpc) is 2.60. The van der Waals surface area contributed by atoms with Gasteiger partial charge >= 0.3 is 5.97 Å². The van der Waals surface area contributed by atoms with Crippen LogP contribution in [0, 0.1) is 23.2 Å². The lowest BCUT2D eigenvalue weighted by atomic mass is 9.62.